The Morgan fingerprint density at radius 2 is 2.31 bits per heavy atom. The highest BCUT2D eigenvalue weighted by Crippen LogP contribution is 2.26. The number of carbonyl (C=O) groups is 1. The first-order valence-corrected chi connectivity index (χ1v) is 6.79. The fourth-order valence-electron chi connectivity index (χ4n) is 1.66. The molecule has 0 spiro atoms. The Morgan fingerprint density at radius 1 is 1.56 bits per heavy atom. The van der Waals surface area contributed by atoms with Crippen molar-refractivity contribution in [2.45, 2.75) is 6.42 Å². The van der Waals surface area contributed by atoms with Crippen LogP contribution in [0.4, 0.5) is 5.82 Å². The monoisotopic (exact) mass is 370 g/mol. The highest BCUT2D eigenvalue weighted by atomic mass is 127. The second-order valence-electron chi connectivity index (χ2n) is 3.67. The number of pyridine rings is 1. The molecule has 0 aromatic carbocycles. The molecule has 2 heterocycles. The van der Waals surface area contributed by atoms with Crippen LogP contribution in [0, 0.1) is 9.49 Å². The first kappa shape index (κ1) is 12.4. The molecule has 1 aromatic heterocycles. The van der Waals surface area contributed by atoms with Gasteiger partial charge in [0.15, 0.2) is 0 Å². The van der Waals surface area contributed by atoms with E-state index in [0.717, 1.165) is 3.57 Å². The summed E-state index contributed by atoms with van der Waals surface area (Å²) in [4.78, 5) is 17.6. The topological polar surface area (TPSA) is 33.2 Å². The van der Waals surface area contributed by atoms with Gasteiger partial charge in [0.2, 0.25) is 5.91 Å². The minimum Gasteiger partial charge on any atom is -0.296 e. The van der Waals surface area contributed by atoms with Gasteiger partial charge in [0.05, 0.1) is 3.57 Å². The number of aromatic nitrogens is 1. The van der Waals surface area contributed by atoms with Gasteiger partial charge in [0.25, 0.3) is 0 Å². The Labute approximate surface area is 117 Å². The molecular formula is C10H9Cl2IN2O. The molecule has 0 saturated carbocycles. The maximum Gasteiger partial charge on any atom is 0.228 e. The van der Waals surface area contributed by atoms with E-state index in [0.29, 0.717) is 29.8 Å². The fraction of sp³-hybridized carbons (Fsp3) is 0.400. The molecule has 0 aliphatic carbocycles. The van der Waals surface area contributed by atoms with Crippen LogP contribution in [0.2, 0.25) is 5.15 Å². The van der Waals surface area contributed by atoms with E-state index in [-0.39, 0.29) is 11.8 Å². The van der Waals surface area contributed by atoms with Crippen molar-refractivity contribution in [2.75, 3.05) is 17.3 Å². The summed E-state index contributed by atoms with van der Waals surface area (Å²) >= 11 is 13.8. The molecule has 86 valence electrons. The summed E-state index contributed by atoms with van der Waals surface area (Å²) in [5, 5.41) is 0.431. The maximum absolute atomic E-state index is 11.7. The molecule has 0 radical (unpaired) electrons. The normalized spacial score (nSPS) is 20.6. The first-order chi connectivity index (χ1) is 7.61. The highest BCUT2D eigenvalue weighted by molar-refractivity contribution is 14.1. The molecule has 1 aromatic rings. The summed E-state index contributed by atoms with van der Waals surface area (Å²) in [6.07, 6.45) is 0.495. The SMILES string of the molecule is O=C1CC(CCl)CN1c1ccc(I)c(Cl)n1. The Hall–Kier alpha value is -0.0700. The molecule has 0 bridgehead atoms. The zero-order valence-electron chi connectivity index (χ0n) is 8.29. The van der Waals surface area contributed by atoms with Gasteiger partial charge < -0.3 is 0 Å². The average molecular weight is 371 g/mol. The minimum atomic E-state index is 0.0652. The van der Waals surface area contributed by atoms with Crippen LogP contribution in [0.25, 0.3) is 0 Å². The van der Waals surface area contributed by atoms with Crippen LogP contribution in [0.1, 0.15) is 6.42 Å². The quantitative estimate of drug-likeness (QED) is 0.455. The van der Waals surface area contributed by atoms with Gasteiger partial charge in [-0.25, -0.2) is 4.98 Å². The van der Waals surface area contributed by atoms with Crippen LogP contribution in [0.15, 0.2) is 12.1 Å². The molecule has 1 saturated heterocycles. The molecule has 1 aliphatic heterocycles. The van der Waals surface area contributed by atoms with Gasteiger partial charge in [0.1, 0.15) is 11.0 Å². The number of rotatable bonds is 2. The van der Waals surface area contributed by atoms with Crippen LogP contribution in [-0.4, -0.2) is 23.3 Å². The van der Waals surface area contributed by atoms with Crippen LogP contribution < -0.4 is 4.90 Å². The van der Waals surface area contributed by atoms with E-state index >= 15 is 0 Å². The molecule has 2 rings (SSSR count). The molecule has 0 N–H and O–H groups in total. The average Bonchev–Trinajstić information content (AvgIpc) is 2.64. The lowest BCUT2D eigenvalue weighted by Crippen LogP contribution is -2.25. The summed E-state index contributed by atoms with van der Waals surface area (Å²) in [5.74, 6) is 1.40. The third-order valence-corrected chi connectivity index (χ3v) is 4.40. The van der Waals surface area contributed by atoms with Gasteiger partial charge >= 0.3 is 0 Å². The molecule has 16 heavy (non-hydrogen) atoms. The molecule has 6 heteroatoms. The predicted molar refractivity (Wildman–Crippen MR) is 73.1 cm³/mol. The van der Waals surface area contributed by atoms with Gasteiger partial charge in [-0.15, -0.1) is 11.6 Å². The van der Waals surface area contributed by atoms with Gasteiger partial charge in [-0.1, -0.05) is 11.6 Å². The van der Waals surface area contributed by atoms with Crippen molar-refractivity contribution >= 4 is 57.5 Å². The lowest BCUT2D eigenvalue weighted by molar-refractivity contribution is -0.117. The number of carbonyl (C=O) groups excluding carboxylic acids is 1. The van der Waals surface area contributed by atoms with Gasteiger partial charge in [-0.05, 0) is 40.6 Å². The molecule has 1 unspecified atom stereocenters. The third kappa shape index (κ3) is 2.43. The van der Waals surface area contributed by atoms with Crippen LogP contribution >= 0.6 is 45.8 Å². The van der Waals surface area contributed by atoms with Crippen molar-refractivity contribution in [2.24, 2.45) is 5.92 Å². The number of hydrogen-bond acceptors (Lipinski definition) is 2. The Morgan fingerprint density at radius 3 is 2.88 bits per heavy atom. The molecule has 3 nitrogen and oxygen atoms in total. The second kappa shape index (κ2) is 5.06. The summed E-state index contributed by atoms with van der Waals surface area (Å²) in [6, 6.07) is 3.66. The van der Waals surface area contributed by atoms with Gasteiger partial charge in [0, 0.05) is 18.8 Å². The smallest absolute Gasteiger partial charge is 0.228 e. The highest BCUT2D eigenvalue weighted by Gasteiger charge is 2.30. The number of nitrogens with zero attached hydrogens (tertiary/aromatic N) is 2. The summed E-state index contributed by atoms with van der Waals surface area (Å²) < 4.78 is 0.878. The van der Waals surface area contributed by atoms with E-state index in [1.54, 1.807) is 4.90 Å². The van der Waals surface area contributed by atoms with Crippen LogP contribution in [-0.2, 0) is 4.79 Å². The standard InChI is InChI=1S/C10H9Cl2IN2O/c11-4-6-3-9(16)15(5-6)8-2-1-7(13)10(12)14-8/h1-2,6H,3-5H2. The maximum atomic E-state index is 11.7. The van der Waals surface area contributed by atoms with E-state index in [9.17, 15) is 4.79 Å². The zero-order valence-corrected chi connectivity index (χ0v) is 12.0. The van der Waals surface area contributed by atoms with E-state index in [1.165, 1.54) is 0 Å². The lowest BCUT2D eigenvalue weighted by Gasteiger charge is -2.15. The molecule has 1 amide bonds. The third-order valence-electron chi connectivity index (χ3n) is 2.49. The van der Waals surface area contributed by atoms with Gasteiger partial charge in [-0.3, -0.25) is 9.69 Å². The molecule has 1 atom stereocenters. The Balaban J connectivity index is 2.24. The summed E-state index contributed by atoms with van der Waals surface area (Å²) in [7, 11) is 0. The van der Waals surface area contributed by atoms with Crippen LogP contribution in [0.3, 0.4) is 0 Å². The van der Waals surface area contributed by atoms with Crippen LogP contribution in [0.5, 0.6) is 0 Å². The number of halogens is 3. The van der Waals surface area contributed by atoms with Crippen molar-refractivity contribution in [3.63, 3.8) is 0 Å². The van der Waals surface area contributed by atoms with E-state index < -0.39 is 0 Å². The summed E-state index contributed by atoms with van der Waals surface area (Å²) in [5.41, 5.74) is 0. The molecule has 1 aliphatic rings. The minimum absolute atomic E-state index is 0.0652. The van der Waals surface area contributed by atoms with Crippen molar-refractivity contribution < 1.29 is 4.79 Å². The molecular weight excluding hydrogens is 362 g/mol. The Bertz CT molecular complexity index is 427. The number of anilines is 1. The first-order valence-electron chi connectivity index (χ1n) is 4.80. The van der Waals surface area contributed by atoms with E-state index in [2.05, 4.69) is 27.6 Å². The number of hydrogen-bond donors (Lipinski definition) is 0. The number of alkyl halides is 1. The van der Waals surface area contributed by atoms with Crippen molar-refractivity contribution in [3.05, 3.63) is 20.9 Å². The largest absolute Gasteiger partial charge is 0.296 e. The molecule has 1 fully saturated rings. The lowest BCUT2D eigenvalue weighted by atomic mass is 10.1. The predicted octanol–water partition coefficient (Wildman–Crippen LogP) is 2.93. The van der Waals surface area contributed by atoms with Crippen molar-refractivity contribution in [1.29, 1.82) is 0 Å². The second-order valence-corrected chi connectivity index (χ2v) is 5.50. The zero-order chi connectivity index (χ0) is 11.7. The van der Waals surface area contributed by atoms with E-state index in [4.69, 9.17) is 23.2 Å². The Kier molecular flexibility index (Phi) is 3.92. The number of amides is 1. The van der Waals surface area contributed by atoms with Gasteiger partial charge in [-0.2, -0.15) is 0 Å². The summed E-state index contributed by atoms with van der Waals surface area (Å²) in [6.45, 7) is 0.631. The van der Waals surface area contributed by atoms with E-state index in [1.807, 2.05) is 12.1 Å². The van der Waals surface area contributed by atoms with Crippen molar-refractivity contribution in [1.82, 2.24) is 4.98 Å². The fourth-order valence-corrected chi connectivity index (χ4v) is 2.32. The van der Waals surface area contributed by atoms with Crippen molar-refractivity contribution in [3.8, 4) is 0 Å².